The molecule has 0 spiro atoms. The predicted molar refractivity (Wildman–Crippen MR) is 64.7 cm³/mol. The van der Waals surface area contributed by atoms with E-state index in [0.717, 1.165) is 5.92 Å². The van der Waals surface area contributed by atoms with Gasteiger partial charge in [0.2, 0.25) is 0 Å². The standard InChI is InChI=1S/C15H24/c1-11-6-9-14-7-5-8-15(11,14)12(2)10-13(14,3)4/h10-11H,5-9H2,1-4H3/t11-,14?,15?/m0/s1. The molecule has 0 amide bonds. The average Bonchev–Trinajstić information content (AvgIpc) is 2.68. The number of hydrogen-bond donors (Lipinski definition) is 0. The lowest BCUT2D eigenvalue weighted by Gasteiger charge is -2.46. The number of rotatable bonds is 0. The molecular weight excluding hydrogens is 180 g/mol. The van der Waals surface area contributed by atoms with E-state index in [1.807, 2.05) is 0 Å². The summed E-state index contributed by atoms with van der Waals surface area (Å²) in [5, 5.41) is 0. The van der Waals surface area contributed by atoms with Gasteiger partial charge in [-0.05, 0) is 54.8 Å². The summed E-state index contributed by atoms with van der Waals surface area (Å²) in [5.74, 6) is 0.929. The highest BCUT2D eigenvalue weighted by Crippen LogP contribution is 2.77. The molecule has 0 heteroatoms. The second kappa shape index (κ2) is 2.52. The van der Waals surface area contributed by atoms with Crippen LogP contribution < -0.4 is 0 Å². The molecule has 3 aliphatic rings. The third-order valence-corrected chi connectivity index (χ3v) is 6.39. The smallest absolute Gasteiger partial charge is 0.0000595 e. The van der Waals surface area contributed by atoms with Crippen molar-refractivity contribution in [2.45, 2.75) is 59.8 Å². The number of hydrogen-bond acceptors (Lipinski definition) is 0. The van der Waals surface area contributed by atoms with E-state index >= 15 is 0 Å². The van der Waals surface area contributed by atoms with E-state index in [0.29, 0.717) is 16.2 Å². The van der Waals surface area contributed by atoms with Crippen molar-refractivity contribution in [1.82, 2.24) is 0 Å². The SMILES string of the molecule is CC1=CC(C)(C)C23CCCC12[C@@H](C)CC3. The molecule has 0 aromatic carbocycles. The molecule has 3 aliphatic carbocycles. The van der Waals surface area contributed by atoms with E-state index in [-0.39, 0.29) is 0 Å². The first-order chi connectivity index (χ1) is 6.96. The van der Waals surface area contributed by atoms with E-state index in [1.54, 1.807) is 5.57 Å². The Hall–Kier alpha value is -0.260. The quantitative estimate of drug-likeness (QED) is 0.507. The maximum absolute atomic E-state index is 2.61. The van der Waals surface area contributed by atoms with E-state index in [9.17, 15) is 0 Å². The summed E-state index contributed by atoms with van der Waals surface area (Å²) >= 11 is 0. The third-order valence-electron chi connectivity index (χ3n) is 6.39. The highest BCUT2D eigenvalue weighted by molar-refractivity contribution is 5.37. The maximum Gasteiger partial charge on any atom is -0.0000595 e. The molecule has 2 saturated carbocycles. The molecule has 2 fully saturated rings. The van der Waals surface area contributed by atoms with Crippen LogP contribution in [-0.2, 0) is 0 Å². The largest absolute Gasteiger partial charge is 0.0788 e. The maximum atomic E-state index is 2.61. The summed E-state index contributed by atoms with van der Waals surface area (Å²) in [6.07, 6.45) is 9.99. The van der Waals surface area contributed by atoms with Gasteiger partial charge in [0.15, 0.2) is 0 Å². The van der Waals surface area contributed by atoms with Gasteiger partial charge in [0.05, 0.1) is 0 Å². The van der Waals surface area contributed by atoms with Crippen LogP contribution in [0.2, 0.25) is 0 Å². The van der Waals surface area contributed by atoms with Crippen LogP contribution in [0.1, 0.15) is 59.8 Å². The summed E-state index contributed by atoms with van der Waals surface area (Å²) in [4.78, 5) is 0. The van der Waals surface area contributed by atoms with Crippen LogP contribution in [-0.4, -0.2) is 0 Å². The Morgan fingerprint density at radius 3 is 2.60 bits per heavy atom. The van der Waals surface area contributed by atoms with E-state index in [4.69, 9.17) is 0 Å². The highest BCUT2D eigenvalue weighted by atomic mass is 14.7. The van der Waals surface area contributed by atoms with Crippen molar-refractivity contribution >= 4 is 0 Å². The van der Waals surface area contributed by atoms with Gasteiger partial charge in [0, 0.05) is 0 Å². The Morgan fingerprint density at radius 2 is 1.93 bits per heavy atom. The fourth-order valence-electron chi connectivity index (χ4n) is 5.90. The van der Waals surface area contributed by atoms with Crippen LogP contribution in [0.15, 0.2) is 11.6 Å². The van der Waals surface area contributed by atoms with E-state index < -0.39 is 0 Å². The van der Waals surface area contributed by atoms with Crippen LogP contribution in [0.25, 0.3) is 0 Å². The van der Waals surface area contributed by atoms with Gasteiger partial charge in [-0.15, -0.1) is 0 Å². The monoisotopic (exact) mass is 204 g/mol. The zero-order valence-electron chi connectivity index (χ0n) is 10.7. The Balaban J connectivity index is 2.23. The van der Waals surface area contributed by atoms with Crippen molar-refractivity contribution in [3.63, 3.8) is 0 Å². The van der Waals surface area contributed by atoms with Gasteiger partial charge in [-0.3, -0.25) is 0 Å². The predicted octanol–water partition coefficient (Wildman–Crippen LogP) is 4.56. The molecule has 0 saturated heterocycles. The third kappa shape index (κ3) is 0.797. The summed E-state index contributed by atoms with van der Waals surface area (Å²) in [7, 11) is 0. The van der Waals surface area contributed by atoms with Crippen LogP contribution in [0, 0.1) is 22.2 Å². The van der Waals surface area contributed by atoms with Gasteiger partial charge >= 0.3 is 0 Å². The van der Waals surface area contributed by atoms with Crippen molar-refractivity contribution in [3.05, 3.63) is 11.6 Å². The van der Waals surface area contributed by atoms with Gasteiger partial charge in [0.1, 0.15) is 0 Å². The second-order valence-electron chi connectivity index (χ2n) is 6.90. The molecule has 0 nitrogen and oxygen atoms in total. The van der Waals surface area contributed by atoms with Gasteiger partial charge < -0.3 is 0 Å². The fraction of sp³-hybridized carbons (Fsp3) is 0.867. The fourth-order valence-corrected chi connectivity index (χ4v) is 5.90. The molecule has 3 atom stereocenters. The molecule has 0 N–H and O–H groups in total. The molecule has 3 rings (SSSR count). The summed E-state index contributed by atoms with van der Waals surface area (Å²) < 4.78 is 0. The minimum atomic E-state index is 0.457. The first kappa shape index (κ1) is 9.93. The topological polar surface area (TPSA) is 0 Å². The lowest BCUT2D eigenvalue weighted by atomic mass is 9.57. The first-order valence-corrected chi connectivity index (χ1v) is 6.66. The number of allylic oxidation sites excluding steroid dienone is 2. The molecule has 0 heterocycles. The van der Waals surface area contributed by atoms with Crippen molar-refractivity contribution in [2.75, 3.05) is 0 Å². The molecule has 0 bridgehead atoms. The van der Waals surface area contributed by atoms with Gasteiger partial charge in [0.25, 0.3) is 0 Å². The summed E-state index contributed by atoms with van der Waals surface area (Å²) in [6.45, 7) is 9.89. The Bertz CT molecular complexity index is 336. The Labute approximate surface area is 94.1 Å². The molecule has 84 valence electrons. The van der Waals surface area contributed by atoms with Crippen molar-refractivity contribution < 1.29 is 0 Å². The van der Waals surface area contributed by atoms with Crippen LogP contribution in [0.4, 0.5) is 0 Å². The average molecular weight is 204 g/mol. The van der Waals surface area contributed by atoms with Gasteiger partial charge in [-0.1, -0.05) is 38.8 Å². The lowest BCUT2D eigenvalue weighted by molar-refractivity contribution is 0.0447. The van der Waals surface area contributed by atoms with E-state index in [2.05, 4.69) is 33.8 Å². The van der Waals surface area contributed by atoms with Crippen LogP contribution in [0.3, 0.4) is 0 Å². The Morgan fingerprint density at radius 1 is 1.20 bits per heavy atom. The van der Waals surface area contributed by atoms with Gasteiger partial charge in [-0.25, -0.2) is 0 Å². The highest BCUT2D eigenvalue weighted by Gasteiger charge is 2.69. The molecule has 0 aromatic heterocycles. The normalized spacial score (nSPS) is 51.5. The molecular formula is C15H24. The minimum absolute atomic E-state index is 0.457. The molecule has 0 radical (unpaired) electrons. The molecule has 0 aromatic rings. The zero-order chi connectivity index (χ0) is 10.9. The van der Waals surface area contributed by atoms with Crippen LogP contribution >= 0.6 is 0 Å². The summed E-state index contributed by atoms with van der Waals surface area (Å²) in [5.41, 5.74) is 3.44. The molecule has 2 unspecified atom stereocenters. The zero-order valence-corrected chi connectivity index (χ0v) is 10.7. The molecule has 0 aliphatic heterocycles. The molecule has 15 heavy (non-hydrogen) atoms. The minimum Gasteiger partial charge on any atom is -0.0788 e. The lowest BCUT2D eigenvalue weighted by Crippen LogP contribution is -2.41. The van der Waals surface area contributed by atoms with Crippen molar-refractivity contribution in [3.8, 4) is 0 Å². The van der Waals surface area contributed by atoms with E-state index in [1.165, 1.54) is 32.1 Å². The van der Waals surface area contributed by atoms with Crippen molar-refractivity contribution in [2.24, 2.45) is 22.2 Å². The van der Waals surface area contributed by atoms with Gasteiger partial charge in [-0.2, -0.15) is 0 Å². The van der Waals surface area contributed by atoms with Crippen molar-refractivity contribution in [1.29, 1.82) is 0 Å². The first-order valence-electron chi connectivity index (χ1n) is 6.66. The Kier molecular flexibility index (Phi) is 1.67. The van der Waals surface area contributed by atoms with Crippen LogP contribution in [0.5, 0.6) is 0 Å². The second-order valence-corrected chi connectivity index (χ2v) is 6.90. The summed E-state index contributed by atoms with van der Waals surface area (Å²) in [6, 6.07) is 0.